The van der Waals surface area contributed by atoms with Crippen LogP contribution in [0.3, 0.4) is 0 Å². The number of rotatable bonds is 38. The summed E-state index contributed by atoms with van der Waals surface area (Å²) >= 11 is 5.07. The minimum Gasteiger partial charge on any atom is -0.801 e. The van der Waals surface area contributed by atoms with Gasteiger partial charge in [0.15, 0.2) is 0 Å². The van der Waals surface area contributed by atoms with Gasteiger partial charge >= 0.3 is 0 Å². The Kier molecular flexibility index (Phi) is 34.0. The van der Waals surface area contributed by atoms with E-state index in [-0.39, 0.29) is 140 Å². The van der Waals surface area contributed by atoms with Gasteiger partial charge in [-0.25, -0.2) is 0 Å². The van der Waals surface area contributed by atoms with Crippen LogP contribution in [0.4, 0.5) is 0 Å². The van der Waals surface area contributed by atoms with Crippen LogP contribution in [0.1, 0.15) is 71.6 Å². The lowest BCUT2D eigenvalue weighted by Gasteiger charge is -2.35. The largest absolute Gasteiger partial charge is 0.801 e. The van der Waals surface area contributed by atoms with E-state index < -0.39 is 12.0 Å². The van der Waals surface area contributed by atoms with Gasteiger partial charge in [0.05, 0.1) is 66.1 Å². The number of hydrogen-bond acceptors (Lipinski definition) is 13. The molecule has 0 aliphatic carbocycles. The molecule has 16 nitrogen and oxygen atoms in total. The first-order valence-electron chi connectivity index (χ1n) is 19.2. The fraction of sp³-hybridized carbons (Fsp3) is 0.744. The molecule has 0 saturated heterocycles. The summed E-state index contributed by atoms with van der Waals surface area (Å²) in [5.74, 6) is 5.89. The van der Waals surface area contributed by atoms with Crippen molar-refractivity contribution in [1.29, 1.82) is 0 Å². The van der Waals surface area contributed by atoms with E-state index in [0.717, 1.165) is 0 Å². The predicted molar refractivity (Wildman–Crippen MR) is 218 cm³/mol. The second-order valence-corrected chi connectivity index (χ2v) is 16.8. The molecule has 4 N–H and O–H groups in total. The minimum absolute atomic E-state index is 0.00284. The lowest BCUT2D eigenvalue weighted by Crippen LogP contribution is -2.50. The number of unbranched alkanes of at least 4 members (excludes halogenated alkanes) is 1. The summed E-state index contributed by atoms with van der Waals surface area (Å²) < 4.78 is 37.3. The molecule has 0 aromatic carbocycles. The molecule has 0 aromatic heterocycles. The van der Waals surface area contributed by atoms with Gasteiger partial charge in [-0.3, -0.25) is 19.2 Å². The average molecular weight is 844 g/mol. The van der Waals surface area contributed by atoms with Gasteiger partial charge in [-0.15, -0.1) is 19.3 Å². The fourth-order valence-corrected chi connectivity index (χ4v) is 5.72. The highest BCUT2D eigenvalue weighted by molar-refractivity contribution is 8.09. The van der Waals surface area contributed by atoms with Crippen LogP contribution in [-0.2, 0) is 63.9 Å². The first-order chi connectivity index (χ1) is 27.4. The third kappa shape index (κ3) is 32.5. The summed E-state index contributed by atoms with van der Waals surface area (Å²) in [5, 5.41) is 11.5. The zero-order chi connectivity index (χ0) is 42.5. The predicted octanol–water partition coefficient (Wildman–Crippen LogP) is 0.795. The van der Waals surface area contributed by atoms with E-state index >= 15 is 0 Å². The van der Waals surface area contributed by atoms with E-state index in [0.29, 0.717) is 52.5 Å². The molecule has 57 heavy (non-hydrogen) atoms. The standard InChI is InChI=1S/C39H65N4O12PS/c1-6-21-49-28-31-52-25-18-40-35(44)12-15-39(16-13-36(45)41-19-26-53-32-29-50-22-7-2,17-14-37(46)42-20-27-54-33-30-51-23-8-3)43-38(47)11-9-10-24-55-56(48,57)34(4)5/h1-3,34H,9-33H2,4-5H3,(H,40,44)(H,41,45)(H,42,46)(H,43,47)(H,48,57)/p-1. The van der Waals surface area contributed by atoms with E-state index in [4.69, 9.17) is 64.0 Å². The number of carbonyl (C=O) groups excluding carboxylic acids is 4. The molecular weight excluding hydrogens is 779 g/mol. The van der Waals surface area contributed by atoms with Crippen molar-refractivity contribution in [2.45, 2.75) is 82.8 Å². The quantitative estimate of drug-likeness (QED) is 0.0387. The Morgan fingerprint density at radius 3 is 1.30 bits per heavy atom. The van der Waals surface area contributed by atoms with Crippen molar-refractivity contribution in [2.75, 3.05) is 106 Å². The molecule has 0 aliphatic heterocycles. The SMILES string of the molecule is C#CCOCCOCCNC(=O)CCC(CCC(=O)NCCOCCOCC#C)(CCC(=O)NCCOCCOCC#C)NC(=O)CCCCOP([O-])(=S)C(C)C. The number of nitrogens with one attached hydrogen (secondary N) is 4. The van der Waals surface area contributed by atoms with Crippen molar-refractivity contribution < 1.29 is 57.0 Å². The normalized spacial score (nSPS) is 12.2. The van der Waals surface area contributed by atoms with Crippen molar-refractivity contribution in [1.82, 2.24) is 21.3 Å². The number of terminal acetylenes is 3. The molecule has 0 spiro atoms. The van der Waals surface area contributed by atoms with Gasteiger partial charge in [-0.1, -0.05) is 43.4 Å². The summed E-state index contributed by atoms with van der Waals surface area (Å²) in [5.41, 5.74) is -1.40. The van der Waals surface area contributed by atoms with Crippen LogP contribution in [0.5, 0.6) is 0 Å². The summed E-state index contributed by atoms with van der Waals surface area (Å²) in [6.07, 6.45) is 16.8. The Bertz CT molecular complexity index is 1190. The zero-order valence-electron chi connectivity index (χ0n) is 33.7. The van der Waals surface area contributed by atoms with Gasteiger partial charge in [0.1, 0.15) is 19.8 Å². The Balaban J connectivity index is 5.62. The number of hydrogen-bond donors (Lipinski definition) is 4. The molecular formula is C39H64N4O12PS-. The minimum atomic E-state index is -3.16. The van der Waals surface area contributed by atoms with Gasteiger partial charge in [-0.2, -0.15) is 0 Å². The van der Waals surface area contributed by atoms with Crippen molar-refractivity contribution >= 4 is 41.9 Å². The van der Waals surface area contributed by atoms with Gasteiger partial charge in [0.2, 0.25) is 23.6 Å². The van der Waals surface area contributed by atoms with Gasteiger partial charge < -0.3 is 59.1 Å². The highest BCUT2D eigenvalue weighted by Gasteiger charge is 2.33. The maximum atomic E-state index is 13.4. The summed E-state index contributed by atoms with van der Waals surface area (Å²) in [4.78, 5) is 64.7. The van der Waals surface area contributed by atoms with Crippen LogP contribution in [0, 0.1) is 37.0 Å². The topological polar surface area (TPSA) is 204 Å². The Morgan fingerprint density at radius 2 is 0.947 bits per heavy atom. The first-order valence-corrected chi connectivity index (χ1v) is 21.9. The third-order valence-corrected chi connectivity index (χ3v) is 11.4. The number of amides is 4. The molecule has 18 heteroatoms. The average Bonchev–Trinajstić information content (AvgIpc) is 3.18. The van der Waals surface area contributed by atoms with Crippen LogP contribution in [0.25, 0.3) is 0 Å². The number of carbonyl (C=O) groups is 4. The molecule has 4 amide bonds. The van der Waals surface area contributed by atoms with E-state index in [1.807, 2.05) is 0 Å². The van der Waals surface area contributed by atoms with E-state index in [9.17, 15) is 24.1 Å². The zero-order valence-corrected chi connectivity index (χ0v) is 35.5. The molecule has 0 aromatic rings. The first kappa shape index (κ1) is 53.9. The van der Waals surface area contributed by atoms with Crippen LogP contribution < -0.4 is 26.2 Å². The van der Waals surface area contributed by atoms with E-state index in [1.165, 1.54) is 0 Å². The molecule has 324 valence electrons. The number of ether oxygens (including phenoxy) is 6. The smallest absolute Gasteiger partial charge is 0.220 e. The lowest BCUT2D eigenvalue weighted by atomic mass is 9.83. The van der Waals surface area contributed by atoms with Crippen LogP contribution >= 0.6 is 6.49 Å². The molecule has 1 atom stereocenters. The monoisotopic (exact) mass is 843 g/mol. The van der Waals surface area contributed by atoms with E-state index in [2.05, 4.69) is 39.0 Å². The fourth-order valence-electron chi connectivity index (χ4n) is 4.81. The van der Waals surface area contributed by atoms with Crippen LogP contribution in [-0.4, -0.2) is 140 Å². The molecule has 0 rings (SSSR count). The second kappa shape index (κ2) is 36.0. The third-order valence-electron chi connectivity index (χ3n) is 7.98. The van der Waals surface area contributed by atoms with Crippen LogP contribution in [0.2, 0.25) is 0 Å². The summed E-state index contributed by atoms with van der Waals surface area (Å²) in [6, 6.07) is 0. The highest BCUT2D eigenvalue weighted by atomic mass is 32.5. The van der Waals surface area contributed by atoms with Crippen molar-refractivity contribution in [2.24, 2.45) is 0 Å². The van der Waals surface area contributed by atoms with E-state index in [1.54, 1.807) is 13.8 Å². The maximum absolute atomic E-state index is 13.4. The molecule has 0 aliphatic rings. The van der Waals surface area contributed by atoms with Crippen molar-refractivity contribution in [3.63, 3.8) is 0 Å². The molecule has 1 unspecified atom stereocenters. The molecule has 0 bridgehead atoms. The van der Waals surface area contributed by atoms with Gasteiger partial charge in [0.25, 0.3) is 0 Å². The summed E-state index contributed by atoms with van der Waals surface area (Å²) in [6.45, 7) is 4.37. The Hall–Kier alpha value is -3.11. The molecule has 0 fully saturated rings. The molecule has 0 radical (unpaired) electrons. The Morgan fingerprint density at radius 1 is 0.579 bits per heavy atom. The lowest BCUT2D eigenvalue weighted by molar-refractivity contribution is -0.184. The van der Waals surface area contributed by atoms with Gasteiger partial charge in [0, 0.05) is 50.9 Å². The second-order valence-electron chi connectivity index (χ2n) is 12.9. The van der Waals surface area contributed by atoms with Crippen molar-refractivity contribution in [3.05, 3.63) is 0 Å². The molecule has 0 heterocycles. The van der Waals surface area contributed by atoms with Crippen LogP contribution in [0.15, 0.2) is 0 Å². The molecule has 0 saturated carbocycles. The maximum Gasteiger partial charge on any atom is 0.220 e. The van der Waals surface area contributed by atoms with Gasteiger partial charge in [-0.05, 0) is 44.3 Å². The summed E-state index contributed by atoms with van der Waals surface area (Å²) in [7, 11) is 0. The van der Waals surface area contributed by atoms with Crippen molar-refractivity contribution in [3.8, 4) is 37.0 Å². The Labute approximate surface area is 344 Å². The highest BCUT2D eigenvalue weighted by Crippen LogP contribution is 2.42.